The highest BCUT2D eigenvalue weighted by molar-refractivity contribution is 7.19. The van der Waals surface area contributed by atoms with E-state index in [2.05, 4.69) is 47.2 Å². The standard InChI is InChI=1S/C20H21ClN2S2/c1-2-14-7-9-15(10-8-14)22-20-23(16-5-3-4-6-16)17(13-24-20)18-11-12-19(21)25-18/h7-13,16H,2-6H2,1H3. The second-order valence-electron chi connectivity index (χ2n) is 6.45. The molecule has 0 saturated heterocycles. The van der Waals surface area contributed by atoms with Crippen LogP contribution in [0.3, 0.4) is 0 Å². The Morgan fingerprint density at radius 3 is 2.52 bits per heavy atom. The predicted octanol–water partition coefficient (Wildman–Crippen LogP) is 6.84. The lowest BCUT2D eigenvalue weighted by Gasteiger charge is -2.15. The summed E-state index contributed by atoms with van der Waals surface area (Å²) < 4.78 is 3.29. The summed E-state index contributed by atoms with van der Waals surface area (Å²) in [5.41, 5.74) is 3.64. The molecule has 1 fully saturated rings. The van der Waals surface area contributed by atoms with Crippen LogP contribution in [0.5, 0.6) is 0 Å². The van der Waals surface area contributed by atoms with Crippen LogP contribution in [-0.2, 0) is 6.42 Å². The van der Waals surface area contributed by atoms with E-state index < -0.39 is 0 Å². The molecule has 5 heteroatoms. The van der Waals surface area contributed by atoms with Crippen molar-refractivity contribution in [3.8, 4) is 10.6 Å². The van der Waals surface area contributed by atoms with Crippen LogP contribution in [-0.4, -0.2) is 4.57 Å². The third kappa shape index (κ3) is 3.62. The van der Waals surface area contributed by atoms with E-state index in [0.29, 0.717) is 6.04 Å². The van der Waals surface area contributed by atoms with Gasteiger partial charge in [0.25, 0.3) is 0 Å². The van der Waals surface area contributed by atoms with Gasteiger partial charge in [-0.3, -0.25) is 0 Å². The summed E-state index contributed by atoms with van der Waals surface area (Å²) in [7, 11) is 0. The van der Waals surface area contributed by atoms with Gasteiger partial charge < -0.3 is 4.57 Å². The predicted molar refractivity (Wildman–Crippen MR) is 109 cm³/mol. The number of aryl methyl sites for hydroxylation is 1. The van der Waals surface area contributed by atoms with Crippen LogP contribution >= 0.6 is 34.3 Å². The largest absolute Gasteiger partial charge is 0.313 e. The Morgan fingerprint density at radius 1 is 1.12 bits per heavy atom. The minimum absolute atomic E-state index is 0.552. The van der Waals surface area contributed by atoms with Crippen LogP contribution in [0, 0.1) is 0 Å². The molecule has 1 aromatic carbocycles. The molecule has 1 aliphatic rings. The van der Waals surface area contributed by atoms with Gasteiger partial charge in [0, 0.05) is 11.4 Å². The molecule has 0 radical (unpaired) electrons. The molecular weight excluding hydrogens is 368 g/mol. The number of benzene rings is 1. The smallest absolute Gasteiger partial charge is 0.190 e. The van der Waals surface area contributed by atoms with Crippen LogP contribution in [0.15, 0.2) is 46.8 Å². The molecule has 1 aliphatic carbocycles. The fourth-order valence-corrected chi connectivity index (χ4v) is 5.57. The topological polar surface area (TPSA) is 17.3 Å². The Morgan fingerprint density at radius 2 is 1.88 bits per heavy atom. The van der Waals surface area contributed by atoms with Gasteiger partial charge >= 0.3 is 0 Å². The maximum absolute atomic E-state index is 6.18. The zero-order valence-electron chi connectivity index (χ0n) is 14.2. The lowest BCUT2D eigenvalue weighted by Crippen LogP contribution is -2.19. The molecule has 1 saturated carbocycles. The van der Waals surface area contributed by atoms with Crippen molar-refractivity contribution in [3.05, 3.63) is 56.5 Å². The lowest BCUT2D eigenvalue weighted by molar-refractivity contribution is 0.512. The molecule has 2 heterocycles. The van der Waals surface area contributed by atoms with Crippen molar-refractivity contribution in [2.45, 2.75) is 45.1 Å². The Kier molecular flexibility index (Phi) is 5.11. The first kappa shape index (κ1) is 17.1. The SMILES string of the molecule is CCc1ccc(N=c2scc(-c3ccc(Cl)s3)n2C2CCCC2)cc1. The summed E-state index contributed by atoms with van der Waals surface area (Å²) in [5, 5.41) is 2.24. The average Bonchev–Trinajstić information content (AvgIpc) is 3.35. The zero-order valence-corrected chi connectivity index (χ0v) is 16.6. The van der Waals surface area contributed by atoms with Crippen LogP contribution < -0.4 is 4.80 Å². The van der Waals surface area contributed by atoms with Gasteiger partial charge in [0.1, 0.15) is 0 Å². The first-order chi connectivity index (χ1) is 12.2. The Hall–Kier alpha value is -1.36. The number of thiazole rings is 1. The first-order valence-corrected chi connectivity index (χ1v) is 10.9. The Labute approximate surface area is 161 Å². The van der Waals surface area contributed by atoms with Gasteiger partial charge in [0.15, 0.2) is 4.80 Å². The maximum Gasteiger partial charge on any atom is 0.190 e. The molecular formula is C20H21ClN2S2. The van der Waals surface area contributed by atoms with E-state index in [1.54, 1.807) is 22.7 Å². The van der Waals surface area contributed by atoms with E-state index in [4.69, 9.17) is 16.6 Å². The summed E-state index contributed by atoms with van der Waals surface area (Å²) in [5.74, 6) is 0. The van der Waals surface area contributed by atoms with Crippen LogP contribution in [0.4, 0.5) is 5.69 Å². The second-order valence-corrected chi connectivity index (χ2v) is 9.00. The van der Waals surface area contributed by atoms with Gasteiger partial charge in [-0.1, -0.05) is 43.5 Å². The van der Waals surface area contributed by atoms with Crippen molar-refractivity contribution in [3.63, 3.8) is 0 Å². The molecule has 130 valence electrons. The lowest BCUT2D eigenvalue weighted by atomic mass is 10.2. The fraction of sp³-hybridized carbons (Fsp3) is 0.350. The van der Waals surface area contributed by atoms with Crippen molar-refractivity contribution < 1.29 is 0 Å². The summed E-state index contributed by atoms with van der Waals surface area (Å²) in [4.78, 5) is 7.29. The quantitative estimate of drug-likeness (QED) is 0.465. The molecule has 0 unspecified atom stereocenters. The molecule has 0 aliphatic heterocycles. The number of hydrogen-bond donors (Lipinski definition) is 0. The number of halogens is 1. The Balaban J connectivity index is 1.81. The Bertz CT molecular complexity index is 912. The number of aromatic nitrogens is 1. The molecule has 0 atom stereocenters. The van der Waals surface area contributed by atoms with Crippen LogP contribution in [0.1, 0.15) is 44.2 Å². The van der Waals surface area contributed by atoms with Gasteiger partial charge in [-0.05, 0) is 49.1 Å². The highest BCUT2D eigenvalue weighted by Crippen LogP contribution is 2.37. The number of rotatable bonds is 4. The van der Waals surface area contributed by atoms with E-state index >= 15 is 0 Å². The molecule has 25 heavy (non-hydrogen) atoms. The molecule has 0 spiro atoms. The van der Waals surface area contributed by atoms with Crippen molar-refractivity contribution in [1.82, 2.24) is 4.57 Å². The van der Waals surface area contributed by atoms with Crippen molar-refractivity contribution in [2.24, 2.45) is 4.99 Å². The highest BCUT2D eigenvalue weighted by atomic mass is 35.5. The minimum atomic E-state index is 0.552. The molecule has 2 nitrogen and oxygen atoms in total. The zero-order chi connectivity index (χ0) is 17.2. The number of thiophene rings is 1. The first-order valence-electron chi connectivity index (χ1n) is 8.84. The summed E-state index contributed by atoms with van der Waals surface area (Å²) in [6.45, 7) is 2.18. The van der Waals surface area contributed by atoms with Crippen molar-refractivity contribution in [1.29, 1.82) is 0 Å². The van der Waals surface area contributed by atoms with Crippen LogP contribution in [0.25, 0.3) is 10.6 Å². The van der Waals surface area contributed by atoms with E-state index in [1.807, 2.05) is 6.07 Å². The number of nitrogens with zero attached hydrogens (tertiary/aromatic N) is 2. The monoisotopic (exact) mass is 388 g/mol. The van der Waals surface area contributed by atoms with Crippen LogP contribution in [0.2, 0.25) is 4.34 Å². The summed E-state index contributed by atoms with van der Waals surface area (Å²) in [6.07, 6.45) is 6.16. The number of hydrogen-bond acceptors (Lipinski definition) is 3. The van der Waals surface area contributed by atoms with Gasteiger partial charge in [0.2, 0.25) is 0 Å². The fourth-order valence-electron chi connectivity index (χ4n) is 3.47. The van der Waals surface area contributed by atoms with Crippen molar-refractivity contribution in [2.75, 3.05) is 0 Å². The third-order valence-electron chi connectivity index (χ3n) is 4.83. The maximum atomic E-state index is 6.18. The van der Waals surface area contributed by atoms with E-state index in [0.717, 1.165) is 21.2 Å². The molecule has 4 rings (SSSR count). The van der Waals surface area contributed by atoms with Gasteiger partial charge in [-0.15, -0.1) is 22.7 Å². The molecule has 2 aromatic heterocycles. The van der Waals surface area contributed by atoms with E-state index in [9.17, 15) is 0 Å². The molecule has 3 aromatic rings. The van der Waals surface area contributed by atoms with Gasteiger partial charge in [-0.25, -0.2) is 4.99 Å². The normalized spacial score (nSPS) is 16.0. The van der Waals surface area contributed by atoms with Gasteiger partial charge in [-0.2, -0.15) is 0 Å². The summed E-state index contributed by atoms with van der Waals surface area (Å²) >= 11 is 9.56. The van der Waals surface area contributed by atoms with E-state index in [-0.39, 0.29) is 0 Å². The average molecular weight is 389 g/mol. The van der Waals surface area contributed by atoms with Crippen molar-refractivity contribution >= 4 is 40.0 Å². The highest BCUT2D eigenvalue weighted by Gasteiger charge is 2.22. The second kappa shape index (κ2) is 7.48. The van der Waals surface area contributed by atoms with Gasteiger partial charge in [0.05, 0.1) is 20.6 Å². The third-order valence-corrected chi connectivity index (χ3v) is 6.92. The molecule has 0 bridgehead atoms. The molecule has 0 N–H and O–H groups in total. The molecule has 0 amide bonds. The summed E-state index contributed by atoms with van der Waals surface area (Å²) in [6, 6.07) is 13.3. The minimum Gasteiger partial charge on any atom is -0.313 e. The van der Waals surface area contributed by atoms with E-state index in [1.165, 1.54) is 41.8 Å².